The van der Waals surface area contributed by atoms with Crippen LogP contribution >= 0.6 is 23.8 Å². The second kappa shape index (κ2) is 7.04. The Kier molecular flexibility index (Phi) is 4.82. The number of hydrogen-bond acceptors (Lipinski definition) is 3. The van der Waals surface area contributed by atoms with Gasteiger partial charge in [0.15, 0.2) is 4.77 Å². The van der Waals surface area contributed by atoms with E-state index in [0.29, 0.717) is 16.1 Å². The predicted molar refractivity (Wildman–Crippen MR) is 94.2 cm³/mol. The van der Waals surface area contributed by atoms with Crippen LogP contribution in [0, 0.1) is 10.6 Å². The van der Waals surface area contributed by atoms with Crippen LogP contribution in [-0.2, 0) is 11.2 Å². The van der Waals surface area contributed by atoms with Crippen molar-refractivity contribution in [2.75, 3.05) is 0 Å². The van der Waals surface area contributed by atoms with Crippen molar-refractivity contribution in [3.63, 3.8) is 0 Å². The smallest absolute Gasteiger partial charge is 0.271 e. The number of fused-ring (bicyclic) bond motifs is 1. The van der Waals surface area contributed by atoms with Crippen LogP contribution in [0.3, 0.4) is 0 Å². The second-order valence-corrected chi connectivity index (χ2v) is 6.11. The molecule has 0 aliphatic rings. The molecule has 6 nitrogen and oxygen atoms in total. The van der Waals surface area contributed by atoms with Crippen molar-refractivity contribution < 1.29 is 14.0 Å². The van der Waals surface area contributed by atoms with Gasteiger partial charge in [0.25, 0.3) is 5.91 Å². The lowest BCUT2D eigenvalue weighted by atomic mass is 10.1. The van der Waals surface area contributed by atoms with Crippen LogP contribution in [0.4, 0.5) is 4.39 Å². The first kappa shape index (κ1) is 17.1. The highest BCUT2D eigenvalue weighted by Gasteiger charge is 2.15. The minimum Gasteiger partial charge on any atom is -0.331 e. The zero-order chi connectivity index (χ0) is 18.0. The van der Waals surface area contributed by atoms with Crippen molar-refractivity contribution in [1.29, 1.82) is 0 Å². The van der Waals surface area contributed by atoms with Crippen LogP contribution in [0.2, 0.25) is 5.02 Å². The zero-order valence-corrected chi connectivity index (χ0v) is 14.2. The van der Waals surface area contributed by atoms with Crippen molar-refractivity contribution in [3.8, 4) is 0 Å². The Labute approximate surface area is 151 Å². The van der Waals surface area contributed by atoms with Crippen LogP contribution in [-0.4, -0.2) is 21.8 Å². The molecule has 0 unspecified atom stereocenters. The number of rotatable bonds is 3. The van der Waals surface area contributed by atoms with Gasteiger partial charge >= 0.3 is 0 Å². The van der Waals surface area contributed by atoms with Crippen LogP contribution in [0.5, 0.6) is 0 Å². The molecule has 0 spiro atoms. The number of carbonyl (C=O) groups is 2. The van der Waals surface area contributed by atoms with Crippen LogP contribution in [0.15, 0.2) is 36.4 Å². The van der Waals surface area contributed by atoms with E-state index in [-0.39, 0.29) is 16.8 Å². The summed E-state index contributed by atoms with van der Waals surface area (Å²) >= 11 is 10.7. The summed E-state index contributed by atoms with van der Waals surface area (Å²) in [5, 5.41) is 0.566. The number of H-pyrrole nitrogens is 2. The predicted octanol–water partition coefficient (Wildman–Crippen LogP) is 3.02. The van der Waals surface area contributed by atoms with E-state index in [1.807, 2.05) is 0 Å². The van der Waals surface area contributed by atoms with Gasteiger partial charge in [0.1, 0.15) is 5.82 Å². The van der Waals surface area contributed by atoms with Crippen molar-refractivity contribution in [1.82, 2.24) is 20.8 Å². The molecule has 9 heteroatoms. The number of hydrazine groups is 1. The molecule has 1 aromatic heterocycles. The monoisotopic (exact) mass is 378 g/mol. The molecule has 0 aliphatic heterocycles. The van der Waals surface area contributed by atoms with Gasteiger partial charge in [-0.15, -0.1) is 0 Å². The number of imidazole rings is 1. The molecule has 0 radical (unpaired) electrons. The van der Waals surface area contributed by atoms with E-state index in [0.717, 1.165) is 11.6 Å². The second-order valence-electron chi connectivity index (χ2n) is 5.26. The lowest BCUT2D eigenvalue weighted by Gasteiger charge is -2.08. The summed E-state index contributed by atoms with van der Waals surface area (Å²) in [6.45, 7) is 0. The van der Waals surface area contributed by atoms with Crippen LogP contribution in [0.1, 0.15) is 15.9 Å². The molecule has 0 aliphatic carbocycles. The minimum absolute atomic E-state index is 0.0224. The summed E-state index contributed by atoms with van der Waals surface area (Å²) in [6.07, 6.45) is 0.0581. The third-order valence-electron chi connectivity index (χ3n) is 3.43. The highest BCUT2D eigenvalue weighted by Crippen LogP contribution is 2.17. The number of benzene rings is 2. The number of nitrogens with one attached hydrogen (secondary N) is 4. The third-order valence-corrected chi connectivity index (χ3v) is 3.88. The molecule has 25 heavy (non-hydrogen) atoms. The van der Waals surface area contributed by atoms with Crippen molar-refractivity contribution >= 4 is 46.7 Å². The Morgan fingerprint density at radius 2 is 1.84 bits per heavy atom. The summed E-state index contributed by atoms with van der Waals surface area (Å²) < 4.78 is 13.9. The number of amides is 2. The summed E-state index contributed by atoms with van der Waals surface area (Å²) in [4.78, 5) is 29.7. The Morgan fingerprint density at radius 1 is 1.12 bits per heavy atom. The van der Waals surface area contributed by atoms with Crippen molar-refractivity contribution in [3.05, 3.63) is 63.1 Å². The van der Waals surface area contributed by atoms with Gasteiger partial charge in [-0.2, -0.15) is 0 Å². The highest BCUT2D eigenvalue weighted by molar-refractivity contribution is 7.71. The SMILES string of the molecule is O=C(Cc1ccc(Cl)cc1)NNC(=O)c1cc(F)cc2[nH]c(=S)[nH]c12. The van der Waals surface area contributed by atoms with Gasteiger partial charge in [-0.25, -0.2) is 4.39 Å². The fourth-order valence-electron chi connectivity index (χ4n) is 2.31. The quantitative estimate of drug-likeness (QED) is 0.417. The van der Waals surface area contributed by atoms with E-state index < -0.39 is 17.6 Å². The molecule has 4 N–H and O–H groups in total. The molecular formula is C16H12ClFN4O2S. The fourth-order valence-corrected chi connectivity index (χ4v) is 2.65. The largest absolute Gasteiger partial charge is 0.331 e. The number of aromatic nitrogens is 2. The molecule has 0 saturated heterocycles. The summed E-state index contributed by atoms with van der Waals surface area (Å²) in [5.74, 6) is -1.69. The number of hydrogen-bond donors (Lipinski definition) is 4. The maximum atomic E-state index is 13.6. The molecule has 0 atom stereocenters. The first-order chi connectivity index (χ1) is 11.9. The van der Waals surface area contributed by atoms with Gasteiger partial charge in [-0.05, 0) is 42.0 Å². The maximum absolute atomic E-state index is 13.6. The fraction of sp³-hybridized carbons (Fsp3) is 0.0625. The topological polar surface area (TPSA) is 89.8 Å². The summed E-state index contributed by atoms with van der Waals surface area (Å²) in [6, 6.07) is 9.03. The standard InChI is InChI=1S/C16H12ClFN4O2S/c17-9-3-1-8(2-4-9)5-13(23)21-22-15(24)11-6-10(18)7-12-14(11)20-16(25)19-12/h1-4,6-7H,5H2,(H,21,23)(H,22,24)(H2,19,20,25). The molecule has 128 valence electrons. The molecule has 0 saturated carbocycles. The Balaban J connectivity index is 1.69. The lowest BCUT2D eigenvalue weighted by molar-refractivity contribution is -0.121. The molecule has 2 amide bonds. The average Bonchev–Trinajstić information content (AvgIpc) is 2.94. The maximum Gasteiger partial charge on any atom is 0.271 e. The molecule has 3 rings (SSSR count). The van der Waals surface area contributed by atoms with Crippen LogP contribution < -0.4 is 10.9 Å². The van der Waals surface area contributed by atoms with E-state index in [2.05, 4.69) is 20.8 Å². The van der Waals surface area contributed by atoms with E-state index in [1.54, 1.807) is 24.3 Å². The highest BCUT2D eigenvalue weighted by atomic mass is 35.5. The van der Waals surface area contributed by atoms with Gasteiger partial charge in [0.2, 0.25) is 5.91 Å². The molecule has 3 aromatic rings. The average molecular weight is 379 g/mol. The Morgan fingerprint density at radius 3 is 2.56 bits per heavy atom. The van der Waals surface area contributed by atoms with Gasteiger partial charge in [0, 0.05) is 5.02 Å². The first-order valence-electron chi connectivity index (χ1n) is 7.17. The van der Waals surface area contributed by atoms with Crippen molar-refractivity contribution in [2.45, 2.75) is 6.42 Å². The van der Waals surface area contributed by atoms with E-state index in [1.165, 1.54) is 6.07 Å². The van der Waals surface area contributed by atoms with E-state index in [4.69, 9.17) is 23.8 Å². The van der Waals surface area contributed by atoms with Crippen LogP contribution in [0.25, 0.3) is 11.0 Å². The Bertz CT molecular complexity index is 1010. The normalized spacial score (nSPS) is 10.6. The summed E-state index contributed by atoms with van der Waals surface area (Å²) in [7, 11) is 0. The number of halogens is 2. The van der Waals surface area contributed by atoms with E-state index in [9.17, 15) is 14.0 Å². The third kappa shape index (κ3) is 4.04. The number of aromatic amines is 2. The lowest BCUT2D eigenvalue weighted by Crippen LogP contribution is -2.42. The Hall–Kier alpha value is -2.71. The number of carbonyl (C=O) groups excluding carboxylic acids is 2. The van der Waals surface area contributed by atoms with Gasteiger partial charge in [-0.3, -0.25) is 20.4 Å². The van der Waals surface area contributed by atoms with Gasteiger partial charge < -0.3 is 9.97 Å². The molecule has 1 heterocycles. The minimum atomic E-state index is -0.667. The van der Waals surface area contributed by atoms with E-state index >= 15 is 0 Å². The van der Waals surface area contributed by atoms with Gasteiger partial charge in [0.05, 0.1) is 23.0 Å². The van der Waals surface area contributed by atoms with Crippen molar-refractivity contribution in [2.24, 2.45) is 0 Å². The van der Waals surface area contributed by atoms with Gasteiger partial charge in [-0.1, -0.05) is 23.7 Å². The molecule has 2 aromatic carbocycles. The summed E-state index contributed by atoms with van der Waals surface area (Å²) in [5.41, 5.74) is 6.03. The first-order valence-corrected chi connectivity index (χ1v) is 7.96. The zero-order valence-electron chi connectivity index (χ0n) is 12.7. The molecule has 0 fully saturated rings. The molecule has 0 bridgehead atoms. The molecular weight excluding hydrogens is 367 g/mol.